The molecule has 0 saturated heterocycles. The molecule has 0 fully saturated rings. The maximum absolute atomic E-state index is 13.1. The van der Waals surface area contributed by atoms with Gasteiger partial charge in [-0.1, -0.05) is 66.5 Å². The van der Waals surface area contributed by atoms with Crippen LogP contribution < -0.4 is 16.1 Å². The minimum absolute atomic E-state index is 0.0353. The van der Waals surface area contributed by atoms with Gasteiger partial charge in [0.1, 0.15) is 5.69 Å². The van der Waals surface area contributed by atoms with Crippen LogP contribution in [0.3, 0.4) is 0 Å². The fourth-order valence-electron chi connectivity index (χ4n) is 3.63. The number of carbonyl (C=O) groups excluding carboxylic acids is 3. The van der Waals surface area contributed by atoms with Gasteiger partial charge in [-0.15, -0.1) is 0 Å². The smallest absolute Gasteiger partial charge is 0.321 e. The quantitative estimate of drug-likeness (QED) is 0.252. The van der Waals surface area contributed by atoms with Crippen LogP contribution in [0, 0.1) is 0 Å². The number of halogens is 2. The topological polar surface area (TPSA) is 92.2 Å². The van der Waals surface area contributed by atoms with Gasteiger partial charge >= 0.3 is 11.8 Å². The van der Waals surface area contributed by atoms with E-state index in [-0.39, 0.29) is 11.1 Å². The van der Waals surface area contributed by atoms with E-state index in [1.807, 2.05) is 18.2 Å². The van der Waals surface area contributed by atoms with Crippen molar-refractivity contribution in [3.8, 4) is 0 Å². The fraction of sp³-hybridized carbons (Fsp3) is 0.148. The average Bonchev–Trinajstić information content (AvgIpc) is 3.16. The molecular weight excluding hydrogens is 544 g/mol. The van der Waals surface area contributed by atoms with Crippen LogP contribution in [0.5, 0.6) is 0 Å². The molecule has 184 valence electrons. The van der Waals surface area contributed by atoms with E-state index in [0.717, 1.165) is 10.0 Å². The largest absolute Gasteiger partial charge is 0.328 e. The number of anilines is 2. The molecule has 0 radical (unpaired) electrons. The van der Waals surface area contributed by atoms with Crippen molar-refractivity contribution < 1.29 is 14.4 Å². The number of hydrogen-bond donors (Lipinski definition) is 3. The summed E-state index contributed by atoms with van der Waals surface area (Å²) in [4.78, 5) is 38.6. The number of hydrogen-bond acceptors (Lipinski definition) is 3. The number of aromatic nitrogens is 1. The predicted molar refractivity (Wildman–Crippen MR) is 147 cm³/mol. The highest BCUT2D eigenvalue weighted by Gasteiger charge is 2.22. The lowest BCUT2D eigenvalue weighted by Crippen LogP contribution is -2.36. The number of amides is 3. The molecule has 3 amide bonds. The molecule has 3 aromatic carbocycles. The van der Waals surface area contributed by atoms with Gasteiger partial charge in [-0.3, -0.25) is 19.8 Å². The average molecular weight is 568 g/mol. The van der Waals surface area contributed by atoms with Crippen molar-refractivity contribution in [2.75, 3.05) is 16.1 Å². The Balaban J connectivity index is 1.58. The van der Waals surface area contributed by atoms with Gasteiger partial charge in [0.15, 0.2) is 0 Å². The monoisotopic (exact) mass is 566 g/mol. The van der Waals surface area contributed by atoms with Crippen molar-refractivity contribution in [2.45, 2.75) is 26.2 Å². The Hall–Kier alpha value is -3.62. The SMILES string of the molecule is CC(C)(C)c1ccc(NC(=O)C(=O)Nn2c(C(=O)Nc3cccc(Cl)c3)cc3cc(Br)ccc32)cc1. The van der Waals surface area contributed by atoms with Gasteiger partial charge in [0.05, 0.1) is 5.52 Å². The summed E-state index contributed by atoms with van der Waals surface area (Å²) in [5.74, 6) is -2.27. The van der Waals surface area contributed by atoms with Crippen LogP contribution in [-0.2, 0) is 15.0 Å². The molecule has 1 aromatic heterocycles. The van der Waals surface area contributed by atoms with Crippen molar-refractivity contribution in [3.63, 3.8) is 0 Å². The Morgan fingerprint density at radius 2 is 1.56 bits per heavy atom. The molecule has 4 aromatic rings. The normalized spacial score (nSPS) is 11.2. The standard InChI is InChI=1S/C27H24BrClN4O3/c1-27(2,3)17-7-10-20(11-8-17)30-25(35)26(36)32-33-22-12-9-18(28)13-16(22)14-23(33)24(34)31-21-6-4-5-19(29)15-21/h4-15H,1-3H3,(H,30,35)(H,31,34)(H,32,36). The van der Waals surface area contributed by atoms with Crippen LogP contribution in [0.25, 0.3) is 10.9 Å². The zero-order valence-electron chi connectivity index (χ0n) is 19.9. The summed E-state index contributed by atoms with van der Waals surface area (Å²) in [5, 5.41) is 6.53. The van der Waals surface area contributed by atoms with Gasteiger partial charge in [-0.05, 0) is 65.6 Å². The Labute approximate surface area is 221 Å². The molecule has 9 heteroatoms. The van der Waals surface area contributed by atoms with Gasteiger partial charge in [0, 0.05) is 26.3 Å². The Morgan fingerprint density at radius 3 is 2.22 bits per heavy atom. The number of carbonyl (C=O) groups is 3. The molecule has 3 N–H and O–H groups in total. The summed E-state index contributed by atoms with van der Waals surface area (Å²) in [6.45, 7) is 6.27. The van der Waals surface area contributed by atoms with Crippen molar-refractivity contribution in [1.29, 1.82) is 0 Å². The number of nitrogens with one attached hydrogen (secondary N) is 3. The maximum Gasteiger partial charge on any atom is 0.328 e. The third kappa shape index (κ3) is 5.78. The summed E-state index contributed by atoms with van der Waals surface area (Å²) in [7, 11) is 0. The first-order valence-electron chi connectivity index (χ1n) is 11.1. The minimum Gasteiger partial charge on any atom is -0.321 e. The molecule has 0 aliphatic heterocycles. The fourth-order valence-corrected chi connectivity index (χ4v) is 4.20. The van der Waals surface area contributed by atoms with E-state index in [0.29, 0.717) is 27.3 Å². The number of nitrogens with zero attached hydrogens (tertiary/aromatic N) is 1. The highest BCUT2D eigenvalue weighted by Crippen LogP contribution is 2.25. The minimum atomic E-state index is -0.924. The lowest BCUT2D eigenvalue weighted by Gasteiger charge is -2.19. The van der Waals surface area contributed by atoms with E-state index in [1.54, 1.807) is 54.6 Å². The first-order valence-corrected chi connectivity index (χ1v) is 12.3. The molecule has 0 unspecified atom stereocenters. The third-order valence-electron chi connectivity index (χ3n) is 5.51. The highest BCUT2D eigenvalue weighted by molar-refractivity contribution is 9.10. The van der Waals surface area contributed by atoms with E-state index in [4.69, 9.17) is 11.6 Å². The van der Waals surface area contributed by atoms with Crippen LogP contribution in [-0.4, -0.2) is 22.4 Å². The molecule has 7 nitrogen and oxygen atoms in total. The number of benzene rings is 3. The van der Waals surface area contributed by atoms with E-state index in [9.17, 15) is 14.4 Å². The van der Waals surface area contributed by atoms with Crippen LogP contribution in [0.2, 0.25) is 5.02 Å². The number of fused-ring (bicyclic) bond motifs is 1. The van der Waals surface area contributed by atoms with Crippen molar-refractivity contribution in [1.82, 2.24) is 4.68 Å². The van der Waals surface area contributed by atoms with Gasteiger partial charge in [-0.25, -0.2) is 4.68 Å². The van der Waals surface area contributed by atoms with Crippen molar-refractivity contribution >= 4 is 67.5 Å². The van der Waals surface area contributed by atoms with Crippen LogP contribution >= 0.6 is 27.5 Å². The van der Waals surface area contributed by atoms with Gasteiger partial charge in [0.2, 0.25) is 0 Å². The molecule has 36 heavy (non-hydrogen) atoms. The molecule has 0 spiro atoms. The maximum atomic E-state index is 13.1. The Morgan fingerprint density at radius 1 is 0.833 bits per heavy atom. The molecule has 0 bridgehead atoms. The van der Waals surface area contributed by atoms with Gasteiger partial charge in [0.25, 0.3) is 5.91 Å². The zero-order chi connectivity index (χ0) is 26.0. The molecule has 0 atom stereocenters. The lowest BCUT2D eigenvalue weighted by molar-refractivity contribution is -0.133. The molecule has 0 saturated carbocycles. The Bertz CT molecular complexity index is 1470. The zero-order valence-corrected chi connectivity index (χ0v) is 22.2. The molecule has 4 rings (SSSR count). The number of rotatable bonds is 4. The highest BCUT2D eigenvalue weighted by atomic mass is 79.9. The van der Waals surface area contributed by atoms with Crippen LogP contribution in [0.4, 0.5) is 11.4 Å². The molecule has 0 aliphatic carbocycles. The first-order chi connectivity index (χ1) is 17.0. The van der Waals surface area contributed by atoms with Crippen molar-refractivity contribution in [2.24, 2.45) is 0 Å². The summed E-state index contributed by atoms with van der Waals surface area (Å²) in [6.07, 6.45) is 0. The second kappa shape index (κ2) is 10.2. The summed E-state index contributed by atoms with van der Waals surface area (Å²) in [6, 6.07) is 21.0. The summed E-state index contributed by atoms with van der Waals surface area (Å²) in [5.41, 5.74) is 5.28. The molecule has 1 heterocycles. The molecular formula is C27H24BrClN4O3. The third-order valence-corrected chi connectivity index (χ3v) is 6.24. The Kier molecular flexibility index (Phi) is 7.19. The predicted octanol–water partition coefficient (Wildman–Crippen LogP) is 6.32. The second-order valence-electron chi connectivity index (χ2n) is 9.25. The van der Waals surface area contributed by atoms with Crippen LogP contribution in [0.15, 0.2) is 77.3 Å². The van der Waals surface area contributed by atoms with Crippen molar-refractivity contribution in [3.05, 3.63) is 93.5 Å². The lowest BCUT2D eigenvalue weighted by atomic mass is 9.87. The van der Waals surface area contributed by atoms with E-state index in [1.165, 1.54) is 4.68 Å². The second-order valence-corrected chi connectivity index (χ2v) is 10.6. The summed E-state index contributed by atoms with van der Waals surface area (Å²) >= 11 is 9.44. The first kappa shape index (κ1) is 25.5. The van der Waals surface area contributed by atoms with Crippen LogP contribution in [0.1, 0.15) is 36.8 Å². The van der Waals surface area contributed by atoms with Gasteiger partial charge in [-0.2, -0.15) is 0 Å². The van der Waals surface area contributed by atoms with E-state index < -0.39 is 17.7 Å². The van der Waals surface area contributed by atoms with E-state index >= 15 is 0 Å². The van der Waals surface area contributed by atoms with E-state index in [2.05, 4.69) is 52.8 Å². The molecule has 0 aliphatic rings. The summed E-state index contributed by atoms with van der Waals surface area (Å²) < 4.78 is 2.10. The van der Waals surface area contributed by atoms with Gasteiger partial charge < -0.3 is 10.6 Å².